The molecular weight excluding hydrogens is 109 g/mol. The summed E-state index contributed by atoms with van der Waals surface area (Å²) in [5.41, 5.74) is 5.63. The van der Waals surface area contributed by atoms with Crippen molar-refractivity contribution in [3.63, 3.8) is 0 Å². The van der Waals surface area contributed by atoms with Crippen molar-refractivity contribution in [1.29, 1.82) is 0 Å². The number of rotatable bonds is 0. The number of hydrogen-bond acceptors (Lipinski definition) is 1. The van der Waals surface area contributed by atoms with Gasteiger partial charge in [0.05, 0.1) is 0 Å². The van der Waals surface area contributed by atoms with Gasteiger partial charge in [-0.2, -0.15) is 0 Å². The van der Waals surface area contributed by atoms with Gasteiger partial charge in [0.25, 0.3) is 0 Å². The molecule has 1 fully saturated rings. The van der Waals surface area contributed by atoms with Crippen molar-refractivity contribution >= 4 is 0 Å². The molecule has 0 unspecified atom stereocenters. The summed E-state index contributed by atoms with van der Waals surface area (Å²) in [5.74, 6) is 0. The van der Waals surface area contributed by atoms with E-state index in [1.165, 1.54) is 32.1 Å². The molecular formula is C6H13NNa+. The smallest absolute Gasteiger partial charge is 0.328 e. The molecule has 0 spiro atoms. The van der Waals surface area contributed by atoms with Crippen molar-refractivity contribution < 1.29 is 29.6 Å². The first-order valence-corrected chi connectivity index (χ1v) is 3.15. The Morgan fingerprint density at radius 1 is 1.00 bits per heavy atom. The largest absolute Gasteiger partial charge is 1.00 e. The van der Waals surface area contributed by atoms with Crippen LogP contribution in [0.2, 0.25) is 0 Å². The van der Waals surface area contributed by atoms with E-state index in [0.717, 1.165) is 0 Å². The van der Waals surface area contributed by atoms with E-state index in [4.69, 9.17) is 5.73 Å². The molecule has 0 amide bonds. The molecule has 1 rings (SSSR count). The SMILES string of the molecule is NC1CCCCC1.[Na+]. The van der Waals surface area contributed by atoms with E-state index >= 15 is 0 Å². The van der Waals surface area contributed by atoms with Crippen LogP contribution >= 0.6 is 0 Å². The Morgan fingerprint density at radius 3 is 1.75 bits per heavy atom. The summed E-state index contributed by atoms with van der Waals surface area (Å²) >= 11 is 0. The molecule has 1 saturated carbocycles. The summed E-state index contributed by atoms with van der Waals surface area (Å²) in [6.07, 6.45) is 6.66. The van der Waals surface area contributed by atoms with Gasteiger partial charge in [-0.1, -0.05) is 19.3 Å². The van der Waals surface area contributed by atoms with Crippen molar-refractivity contribution in [3.05, 3.63) is 0 Å². The fraction of sp³-hybridized carbons (Fsp3) is 1.00. The Bertz CT molecular complexity index is 50.5. The predicted molar refractivity (Wildman–Crippen MR) is 31.1 cm³/mol. The summed E-state index contributed by atoms with van der Waals surface area (Å²) in [7, 11) is 0. The van der Waals surface area contributed by atoms with E-state index in [-0.39, 0.29) is 29.6 Å². The zero-order valence-electron chi connectivity index (χ0n) is 5.69. The van der Waals surface area contributed by atoms with E-state index in [9.17, 15) is 0 Å². The Kier molecular flexibility index (Phi) is 5.38. The molecule has 0 saturated heterocycles. The van der Waals surface area contributed by atoms with Gasteiger partial charge in [0.15, 0.2) is 0 Å². The summed E-state index contributed by atoms with van der Waals surface area (Å²) in [5, 5.41) is 0. The second-order valence-corrected chi connectivity index (χ2v) is 2.40. The summed E-state index contributed by atoms with van der Waals surface area (Å²) in [4.78, 5) is 0. The quantitative estimate of drug-likeness (QED) is 0.380. The summed E-state index contributed by atoms with van der Waals surface area (Å²) < 4.78 is 0. The zero-order valence-corrected chi connectivity index (χ0v) is 7.69. The van der Waals surface area contributed by atoms with Crippen LogP contribution in [0.15, 0.2) is 0 Å². The Labute approximate surface area is 73.3 Å². The second kappa shape index (κ2) is 4.80. The first-order valence-electron chi connectivity index (χ1n) is 3.15. The zero-order chi connectivity index (χ0) is 5.11. The molecule has 0 heterocycles. The first kappa shape index (κ1) is 8.96. The maximum Gasteiger partial charge on any atom is 1.00 e. The first-order chi connectivity index (χ1) is 3.39. The van der Waals surface area contributed by atoms with E-state index in [1.807, 2.05) is 0 Å². The number of nitrogens with two attached hydrogens (primary N) is 1. The van der Waals surface area contributed by atoms with Gasteiger partial charge < -0.3 is 5.73 Å². The minimum atomic E-state index is 0. The van der Waals surface area contributed by atoms with Gasteiger partial charge in [-0.05, 0) is 12.8 Å². The summed E-state index contributed by atoms with van der Waals surface area (Å²) in [6.45, 7) is 0. The number of hydrogen-bond donors (Lipinski definition) is 1. The molecule has 42 valence electrons. The molecule has 0 aromatic heterocycles. The molecule has 0 aromatic rings. The van der Waals surface area contributed by atoms with Crippen molar-refractivity contribution in [3.8, 4) is 0 Å². The van der Waals surface area contributed by atoms with Crippen LogP contribution in [0.25, 0.3) is 0 Å². The molecule has 1 aliphatic rings. The second-order valence-electron chi connectivity index (χ2n) is 2.40. The van der Waals surface area contributed by atoms with E-state index in [2.05, 4.69) is 0 Å². The fourth-order valence-electron chi connectivity index (χ4n) is 1.13. The van der Waals surface area contributed by atoms with Gasteiger partial charge in [0.1, 0.15) is 0 Å². The normalized spacial score (nSPS) is 22.1. The van der Waals surface area contributed by atoms with Crippen LogP contribution in [0.1, 0.15) is 32.1 Å². The summed E-state index contributed by atoms with van der Waals surface area (Å²) in [6, 6.07) is 0.536. The van der Waals surface area contributed by atoms with Gasteiger partial charge in [0, 0.05) is 6.04 Å². The average Bonchev–Trinajstić information content (AvgIpc) is 1.69. The molecule has 1 nitrogen and oxygen atoms in total. The Balaban J connectivity index is 0.000000490. The minimum absolute atomic E-state index is 0. The maximum absolute atomic E-state index is 5.63. The topological polar surface area (TPSA) is 26.0 Å². The maximum atomic E-state index is 5.63. The van der Waals surface area contributed by atoms with Crippen LogP contribution in [0.4, 0.5) is 0 Å². The van der Waals surface area contributed by atoms with Crippen molar-refractivity contribution in [2.75, 3.05) is 0 Å². The Morgan fingerprint density at radius 2 is 1.50 bits per heavy atom. The van der Waals surface area contributed by atoms with Crippen molar-refractivity contribution in [1.82, 2.24) is 0 Å². The van der Waals surface area contributed by atoms with Gasteiger partial charge in [0.2, 0.25) is 0 Å². The van der Waals surface area contributed by atoms with Gasteiger partial charge in [-0.15, -0.1) is 0 Å². The molecule has 0 radical (unpaired) electrons. The molecule has 2 heteroatoms. The standard InChI is InChI=1S/C6H13N.Na/c7-6-4-2-1-3-5-6;/h6H,1-5,7H2;/q;+1. The van der Waals surface area contributed by atoms with Gasteiger partial charge in [-0.25, -0.2) is 0 Å². The molecule has 0 atom stereocenters. The average molecular weight is 122 g/mol. The molecule has 8 heavy (non-hydrogen) atoms. The van der Waals surface area contributed by atoms with Crippen LogP contribution in [-0.2, 0) is 0 Å². The Hall–Kier alpha value is 0.960. The van der Waals surface area contributed by atoms with Gasteiger partial charge >= 0.3 is 29.6 Å². The van der Waals surface area contributed by atoms with E-state index < -0.39 is 0 Å². The van der Waals surface area contributed by atoms with Crippen molar-refractivity contribution in [2.24, 2.45) is 5.73 Å². The molecule has 0 bridgehead atoms. The molecule has 2 N–H and O–H groups in total. The fourth-order valence-corrected chi connectivity index (χ4v) is 1.13. The van der Waals surface area contributed by atoms with E-state index in [1.54, 1.807) is 0 Å². The monoisotopic (exact) mass is 122 g/mol. The third-order valence-corrected chi connectivity index (χ3v) is 1.65. The van der Waals surface area contributed by atoms with Crippen LogP contribution < -0.4 is 35.3 Å². The molecule has 0 aliphatic heterocycles. The molecule has 1 aliphatic carbocycles. The van der Waals surface area contributed by atoms with Crippen LogP contribution in [0, 0.1) is 0 Å². The van der Waals surface area contributed by atoms with Crippen LogP contribution in [-0.4, -0.2) is 6.04 Å². The third-order valence-electron chi connectivity index (χ3n) is 1.65. The third kappa shape index (κ3) is 3.08. The predicted octanol–water partition coefficient (Wildman–Crippen LogP) is -1.72. The molecule has 0 aromatic carbocycles. The van der Waals surface area contributed by atoms with Gasteiger partial charge in [-0.3, -0.25) is 0 Å². The van der Waals surface area contributed by atoms with Crippen molar-refractivity contribution in [2.45, 2.75) is 38.1 Å². The van der Waals surface area contributed by atoms with E-state index in [0.29, 0.717) is 6.04 Å². The minimum Gasteiger partial charge on any atom is -0.328 e. The van der Waals surface area contributed by atoms with Crippen LogP contribution in [0.3, 0.4) is 0 Å². The van der Waals surface area contributed by atoms with Crippen LogP contribution in [0.5, 0.6) is 0 Å².